The first-order chi connectivity index (χ1) is 12.8. The molecule has 0 aromatic heterocycles. The van der Waals surface area contributed by atoms with Crippen molar-refractivity contribution in [3.05, 3.63) is 35.4 Å². The highest BCUT2D eigenvalue weighted by Gasteiger charge is 2.20. The van der Waals surface area contributed by atoms with Gasteiger partial charge < -0.3 is 15.4 Å². The molecule has 2 aliphatic rings. The van der Waals surface area contributed by atoms with Crippen molar-refractivity contribution in [2.24, 2.45) is 10.9 Å². The number of guanidine groups is 1. The molecule has 152 valence electrons. The average Bonchev–Trinajstić information content (AvgIpc) is 3.50. The summed E-state index contributed by atoms with van der Waals surface area (Å²) in [6.45, 7) is 7.05. The normalized spacial score (nSPS) is 17.1. The zero-order valence-electron chi connectivity index (χ0n) is 16.6. The standard InChI is InChI=1S/C21H34N4O.HI/c1-22-21(24-12-5-15-26-17-18-8-9-18)23-11-4-13-25-14-10-19-6-2-3-7-20(19)16-25;/h2-3,6-7,18H,4-5,8-17H2,1H3,(H2,22,23,24);1H. The molecular weight excluding hydrogens is 451 g/mol. The molecule has 1 saturated carbocycles. The molecule has 0 radical (unpaired) electrons. The van der Waals surface area contributed by atoms with Gasteiger partial charge in [0, 0.05) is 53.0 Å². The Morgan fingerprint density at radius 1 is 1.15 bits per heavy atom. The fraction of sp³-hybridized carbons (Fsp3) is 0.667. The van der Waals surface area contributed by atoms with E-state index in [0.29, 0.717) is 0 Å². The Bertz CT molecular complexity index is 577. The second-order valence-electron chi connectivity index (χ2n) is 7.45. The van der Waals surface area contributed by atoms with Crippen LogP contribution >= 0.6 is 24.0 Å². The molecule has 0 amide bonds. The highest BCUT2D eigenvalue weighted by atomic mass is 127. The van der Waals surface area contributed by atoms with Crippen molar-refractivity contribution >= 4 is 29.9 Å². The maximum Gasteiger partial charge on any atom is 0.190 e. The lowest BCUT2D eigenvalue weighted by atomic mass is 10.00. The van der Waals surface area contributed by atoms with Crippen molar-refractivity contribution in [1.82, 2.24) is 15.5 Å². The number of hydrogen-bond acceptors (Lipinski definition) is 3. The molecule has 1 aliphatic heterocycles. The molecule has 0 saturated heterocycles. The summed E-state index contributed by atoms with van der Waals surface area (Å²) in [5, 5.41) is 6.79. The summed E-state index contributed by atoms with van der Waals surface area (Å²) in [5.41, 5.74) is 3.01. The van der Waals surface area contributed by atoms with Gasteiger partial charge in [0.15, 0.2) is 5.96 Å². The summed E-state index contributed by atoms with van der Waals surface area (Å²) in [6.07, 6.45) is 6.06. The number of aliphatic imine (C=N–C) groups is 1. The number of hydrogen-bond donors (Lipinski definition) is 2. The topological polar surface area (TPSA) is 48.9 Å². The molecule has 0 unspecified atom stereocenters. The van der Waals surface area contributed by atoms with E-state index in [2.05, 4.69) is 44.8 Å². The minimum Gasteiger partial charge on any atom is -0.381 e. The third-order valence-electron chi connectivity index (χ3n) is 5.19. The summed E-state index contributed by atoms with van der Waals surface area (Å²) < 4.78 is 5.66. The molecule has 1 fully saturated rings. The van der Waals surface area contributed by atoms with Gasteiger partial charge in [-0.25, -0.2) is 0 Å². The van der Waals surface area contributed by atoms with Crippen LogP contribution in [0.3, 0.4) is 0 Å². The van der Waals surface area contributed by atoms with E-state index in [0.717, 1.165) is 64.1 Å². The van der Waals surface area contributed by atoms with E-state index in [1.165, 1.54) is 36.9 Å². The Morgan fingerprint density at radius 3 is 2.63 bits per heavy atom. The highest BCUT2D eigenvalue weighted by molar-refractivity contribution is 14.0. The van der Waals surface area contributed by atoms with Crippen LogP contribution in [0.2, 0.25) is 0 Å². The molecule has 2 N–H and O–H groups in total. The Morgan fingerprint density at radius 2 is 1.89 bits per heavy atom. The monoisotopic (exact) mass is 486 g/mol. The van der Waals surface area contributed by atoms with Gasteiger partial charge in [0.05, 0.1) is 0 Å². The molecule has 0 bridgehead atoms. The van der Waals surface area contributed by atoms with E-state index in [-0.39, 0.29) is 24.0 Å². The summed E-state index contributed by atoms with van der Waals surface area (Å²) in [7, 11) is 1.83. The molecule has 3 rings (SSSR count). The predicted molar refractivity (Wildman–Crippen MR) is 123 cm³/mol. The fourth-order valence-corrected chi connectivity index (χ4v) is 3.39. The van der Waals surface area contributed by atoms with Crippen LogP contribution < -0.4 is 10.6 Å². The number of ether oxygens (including phenoxy) is 1. The molecule has 1 aliphatic carbocycles. The van der Waals surface area contributed by atoms with E-state index < -0.39 is 0 Å². The molecule has 6 heteroatoms. The molecule has 27 heavy (non-hydrogen) atoms. The van der Waals surface area contributed by atoms with Gasteiger partial charge in [0.2, 0.25) is 0 Å². The zero-order chi connectivity index (χ0) is 18.0. The first-order valence-electron chi connectivity index (χ1n) is 10.2. The SMILES string of the molecule is CN=C(NCCCOCC1CC1)NCCCN1CCc2ccccc2C1.I. The van der Waals surface area contributed by atoms with Crippen LogP contribution in [0.1, 0.15) is 36.8 Å². The van der Waals surface area contributed by atoms with Crippen molar-refractivity contribution in [1.29, 1.82) is 0 Å². The van der Waals surface area contributed by atoms with Gasteiger partial charge in [-0.3, -0.25) is 9.89 Å². The minimum atomic E-state index is 0. The highest BCUT2D eigenvalue weighted by Crippen LogP contribution is 2.28. The van der Waals surface area contributed by atoms with Gasteiger partial charge in [0.25, 0.3) is 0 Å². The van der Waals surface area contributed by atoms with Crippen LogP contribution in [-0.2, 0) is 17.7 Å². The quantitative estimate of drug-likeness (QED) is 0.231. The van der Waals surface area contributed by atoms with Gasteiger partial charge in [-0.1, -0.05) is 24.3 Å². The lowest BCUT2D eigenvalue weighted by Gasteiger charge is -2.28. The average molecular weight is 486 g/mol. The van der Waals surface area contributed by atoms with Crippen LogP contribution in [-0.4, -0.2) is 57.3 Å². The summed E-state index contributed by atoms with van der Waals surface area (Å²) in [6, 6.07) is 8.83. The summed E-state index contributed by atoms with van der Waals surface area (Å²) in [4.78, 5) is 6.85. The van der Waals surface area contributed by atoms with Crippen molar-refractivity contribution in [3.8, 4) is 0 Å². The first-order valence-corrected chi connectivity index (χ1v) is 10.2. The Hall–Kier alpha value is -0.860. The van der Waals surface area contributed by atoms with Gasteiger partial charge in [-0.15, -0.1) is 24.0 Å². The number of nitrogens with zero attached hydrogens (tertiary/aromatic N) is 2. The van der Waals surface area contributed by atoms with Crippen LogP contribution in [0.15, 0.2) is 29.3 Å². The van der Waals surface area contributed by atoms with Crippen LogP contribution in [0.25, 0.3) is 0 Å². The van der Waals surface area contributed by atoms with Gasteiger partial charge in [-0.2, -0.15) is 0 Å². The van der Waals surface area contributed by atoms with Crippen LogP contribution in [0.5, 0.6) is 0 Å². The van der Waals surface area contributed by atoms with Gasteiger partial charge >= 0.3 is 0 Å². The molecule has 0 atom stereocenters. The molecule has 0 spiro atoms. The maximum atomic E-state index is 5.66. The van der Waals surface area contributed by atoms with E-state index in [9.17, 15) is 0 Å². The van der Waals surface area contributed by atoms with E-state index in [1.807, 2.05) is 7.05 Å². The third kappa shape index (κ3) is 8.35. The van der Waals surface area contributed by atoms with Crippen molar-refractivity contribution in [3.63, 3.8) is 0 Å². The van der Waals surface area contributed by atoms with Crippen LogP contribution in [0, 0.1) is 5.92 Å². The molecule has 1 aromatic rings. The van der Waals surface area contributed by atoms with E-state index in [1.54, 1.807) is 0 Å². The summed E-state index contributed by atoms with van der Waals surface area (Å²) >= 11 is 0. The second-order valence-corrected chi connectivity index (χ2v) is 7.45. The lowest BCUT2D eigenvalue weighted by Crippen LogP contribution is -2.39. The molecule has 1 aromatic carbocycles. The Balaban J connectivity index is 0.00000261. The van der Waals surface area contributed by atoms with E-state index >= 15 is 0 Å². The lowest BCUT2D eigenvalue weighted by molar-refractivity contribution is 0.123. The Kier molecular flexibility index (Phi) is 10.4. The number of benzene rings is 1. The number of halogens is 1. The third-order valence-corrected chi connectivity index (χ3v) is 5.19. The smallest absolute Gasteiger partial charge is 0.190 e. The van der Waals surface area contributed by atoms with Crippen LogP contribution in [0.4, 0.5) is 0 Å². The van der Waals surface area contributed by atoms with Crippen molar-refractivity contribution in [2.75, 3.05) is 46.4 Å². The largest absolute Gasteiger partial charge is 0.381 e. The Labute approximate surface area is 181 Å². The number of fused-ring (bicyclic) bond motifs is 1. The van der Waals surface area contributed by atoms with Crippen molar-refractivity contribution < 1.29 is 4.74 Å². The fourth-order valence-electron chi connectivity index (χ4n) is 3.39. The van der Waals surface area contributed by atoms with Gasteiger partial charge in [-0.05, 0) is 49.1 Å². The summed E-state index contributed by atoms with van der Waals surface area (Å²) in [5.74, 6) is 1.75. The first kappa shape index (κ1) is 22.4. The maximum absolute atomic E-state index is 5.66. The zero-order valence-corrected chi connectivity index (χ0v) is 18.9. The molecule has 5 nitrogen and oxygen atoms in total. The van der Waals surface area contributed by atoms with E-state index in [4.69, 9.17) is 4.74 Å². The number of nitrogens with one attached hydrogen (secondary N) is 2. The molecule has 1 heterocycles. The second kappa shape index (κ2) is 12.6. The molecular formula is C21H35IN4O. The minimum absolute atomic E-state index is 0. The predicted octanol–water partition coefficient (Wildman–Crippen LogP) is 3.03. The van der Waals surface area contributed by atoms with Crippen molar-refractivity contribution in [2.45, 2.75) is 38.6 Å². The van der Waals surface area contributed by atoms with Gasteiger partial charge in [0.1, 0.15) is 0 Å². The number of rotatable bonds is 10.